The Hall–Kier alpha value is -2.73. The van der Waals surface area contributed by atoms with Gasteiger partial charge in [-0.15, -0.1) is 0 Å². The van der Waals surface area contributed by atoms with Crippen LogP contribution in [0.4, 0.5) is 10.5 Å². The van der Waals surface area contributed by atoms with E-state index in [-0.39, 0.29) is 11.9 Å². The first kappa shape index (κ1) is 17.1. The molecule has 0 radical (unpaired) electrons. The summed E-state index contributed by atoms with van der Waals surface area (Å²) in [6.07, 6.45) is 0. The van der Waals surface area contributed by atoms with Crippen LogP contribution >= 0.6 is 11.6 Å². The third kappa shape index (κ3) is 4.22. The van der Waals surface area contributed by atoms with Crippen molar-refractivity contribution in [2.75, 3.05) is 25.5 Å². The van der Waals surface area contributed by atoms with E-state index in [9.17, 15) is 9.59 Å². The van der Waals surface area contributed by atoms with Crippen LogP contribution in [0.1, 0.15) is 15.9 Å². The highest BCUT2D eigenvalue weighted by atomic mass is 35.5. The minimum atomic E-state index is -0.356. The van der Waals surface area contributed by atoms with E-state index in [4.69, 9.17) is 16.3 Å². The van der Waals surface area contributed by atoms with Crippen LogP contribution in [0, 0.1) is 0 Å². The summed E-state index contributed by atoms with van der Waals surface area (Å²) in [6, 6.07) is 11.9. The first-order valence-corrected chi connectivity index (χ1v) is 8.22. The van der Waals surface area contributed by atoms with E-state index in [1.54, 1.807) is 42.3 Å². The van der Waals surface area contributed by atoms with E-state index in [1.165, 1.54) is 0 Å². The van der Waals surface area contributed by atoms with Gasteiger partial charge in [-0.05, 0) is 35.9 Å². The molecule has 130 valence electrons. The minimum absolute atomic E-state index is 0.127. The number of fused-ring (bicyclic) bond motifs is 1. The summed E-state index contributed by atoms with van der Waals surface area (Å²) < 4.78 is 5.56. The Bertz CT molecular complexity index is 793. The standard InChI is InChI=1S/C18H18ClN3O3/c1-22-8-9-25-16-7-6-14(10-15(16)17(22)23)21-18(24)20-11-12-2-4-13(19)5-3-12/h2-7,10H,8-9,11H2,1H3,(H2,20,21,24). The van der Waals surface area contributed by atoms with Gasteiger partial charge in [0.25, 0.3) is 5.91 Å². The van der Waals surface area contributed by atoms with Gasteiger partial charge in [0.05, 0.1) is 12.1 Å². The van der Waals surface area contributed by atoms with Gasteiger partial charge >= 0.3 is 6.03 Å². The summed E-state index contributed by atoms with van der Waals surface area (Å²) >= 11 is 5.83. The second-order valence-corrected chi connectivity index (χ2v) is 6.16. The van der Waals surface area contributed by atoms with Crippen molar-refractivity contribution in [1.29, 1.82) is 0 Å². The van der Waals surface area contributed by atoms with Crippen LogP contribution in [0.25, 0.3) is 0 Å². The highest BCUT2D eigenvalue weighted by Crippen LogP contribution is 2.26. The van der Waals surface area contributed by atoms with Crippen LogP contribution in [0.3, 0.4) is 0 Å². The first-order valence-electron chi connectivity index (χ1n) is 7.84. The number of nitrogens with zero attached hydrogens (tertiary/aromatic N) is 1. The summed E-state index contributed by atoms with van der Waals surface area (Å²) in [4.78, 5) is 26.0. The average molecular weight is 360 g/mol. The smallest absolute Gasteiger partial charge is 0.319 e. The molecule has 2 N–H and O–H groups in total. The van der Waals surface area contributed by atoms with Gasteiger partial charge in [0, 0.05) is 24.3 Å². The normalized spacial score (nSPS) is 13.5. The molecule has 7 heteroatoms. The van der Waals surface area contributed by atoms with Crippen LogP contribution in [0.5, 0.6) is 5.75 Å². The van der Waals surface area contributed by atoms with Gasteiger partial charge in [0.2, 0.25) is 0 Å². The molecule has 1 aliphatic heterocycles. The molecule has 0 aromatic heterocycles. The zero-order valence-corrected chi connectivity index (χ0v) is 14.5. The third-order valence-electron chi connectivity index (χ3n) is 3.87. The lowest BCUT2D eigenvalue weighted by Gasteiger charge is -2.13. The number of amides is 3. The zero-order chi connectivity index (χ0) is 17.8. The molecule has 0 saturated carbocycles. The van der Waals surface area contributed by atoms with Gasteiger partial charge in [-0.3, -0.25) is 4.79 Å². The molecule has 0 fully saturated rings. The monoisotopic (exact) mass is 359 g/mol. The van der Waals surface area contributed by atoms with E-state index in [0.29, 0.717) is 41.7 Å². The molecule has 0 aliphatic carbocycles. The number of rotatable bonds is 3. The Kier molecular flexibility index (Phi) is 5.09. The van der Waals surface area contributed by atoms with Crippen LogP contribution in [0.2, 0.25) is 5.02 Å². The maximum atomic E-state index is 12.3. The second-order valence-electron chi connectivity index (χ2n) is 5.72. The molecule has 1 heterocycles. The van der Waals surface area contributed by atoms with Crippen molar-refractivity contribution >= 4 is 29.2 Å². The topological polar surface area (TPSA) is 70.7 Å². The Balaban J connectivity index is 1.64. The van der Waals surface area contributed by atoms with Crippen molar-refractivity contribution in [1.82, 2.24) is 10.2 Å². The number of ether oxygens (including phenoxy) is 1. The summed E-state index contributed by atoms with van der Waals surface area (Å²) in [5.74, 6) is 0.402. The van der Waals surface area contributed by atoms with Crippen molar-refractivity contribution in [2.24, 2.45) is 0 Å². The number of carbonyl (C=O) groups excluding carboxylic acids is 2. The Labute approximate surface area is 150 Å². The quantitative estimate of drug-likeness (QED) is 0.884. The lowest BCUT2D eigenvalue weighted by atomic mass is 10.1. The van der Waals surface area contributed by atoms with E-state index in [0.717, 1.165) is 5.56 Å². The fourth-order valence-electron chi connectivity index (χ4n) is 2.46. The highest BCUT2D eigenvalue weighted by Gasteiger charge is 2.21. The SMILES string of the molecule is CN1CCOc2ccc(NC(=O)NCc3ccc(Cl)cc3)cc2C1=O. The molecule has 2 aromatic carbocycles. The number of carbonyl (C=O) groups is 2. The van der Waals surface area contributed by atoms with Gasteiger partial charge in [-0.1, -0.05) is 23.7 Å². The van der Waals surface area contributed by atoms with Gasteiger partial charge in [0.1, 0.15) is 12.4 Å². The van der Waals surface area contributed by atoms with E-state index in [2.05, 4.69) is 10.6 Å². The van der Waals surface area contributed by atoms with Crippen LogP contribution in [-0.2, 0) is 6.54 Å². The molecule has 1 aliphatic rings. The maximum absolute atomic E-state index is 12.3. The fraction of sp³-hybridized carbons (Fsp3) is 0.222. The number of anilines is 1. The number of urea groups is 1. The Morgan fingerprint density at radius 2 is 2.00 bits per heavy atom. The van der Waals surface area contributed by atoms with Crippen molar-refractivity contribution < 1.29 is 14.3 Å². The minimum Gasteiger partial charge on any atom is -0.491 e. The van der Waals surface area contributed by atoms with Gasteiger partial charge in [-0.25, -0.2) is 4.79 Å². The molecule has 0 unspecified atom stereocenters. The van der Waals surface area contributed by atoms with E-state index in [1.807, 2.05) is 12.1 Å². The van der Waals surface area contributed by atoms with Gasteiger partial charge in [-0.2, -0.15) is 0 Å². The number of hydrogen-bond acceptors (Lipinski definition) is 3. The molecule has 6 nitrogen and oxygen atoms in total. The lowest BCUT2D eigenvalue weighted by molar-refractivity contribution is 0.0796. The summed E-state index contributed by atoms with van der Waals surface area (Å²) in [5, 5.41) is 6.13. The molecule has 25 heavy (non-hydrogen) atoms. The summed E-state index contributed by atoms with van der Waals surface area (Å²) in [6.45, 7) is 1.35. The molecule has 0 atom stereocenters. The molecule has 3 rings (SSSR count). The van der Waals surface area contributed by atoms with Crippen LogP contribution < -0.4 is 15.4 Å². The molecule has 0 spiro atoms. The molecule has 0 saturated heterocycles. The van der Waals surface area contributed by atoms with Crippen molar-refractivity contribution in [2.45, 2.75) is 6.54 Å². The largest absolute Gasteiger partial charge is 0.491 e. The average Bonchev–Trinajstić information content (AvgIpc) is 2.74. The number of nitrogens with one attached hydrogen (secondary N) is 2. The zero-order valence-electron chi connectivity index (χ0n) is 13.7. The number of hydrogen-bond donors (Lipinski definition) is 2. The van der Waals surface area contributed by atoms with Crippen LogP contribution in [0.15, 0.2) is 42.5 Å². The van der Waals surface area contributed by atoms with Gasteiger partial charge in [0.15, 0.2) is 0 Å². The summed E-state index contributed by atoms with van der Waals surface area (Å²) in [5.41, 5.74) is 1.90. The third-order valence-corrected chi connectivity index (χ3v) is 4.12. The van der Waals surface area contributed by atoms with E-state index < -0.39 is 0 Å². The van der Waals surface area contributed by atoms with Crippen LogP contribution in [-0.4, -0.2) is 37.0 Å². The van der Waals surface area contributed by atoms with E-state index >= 15 is 0 Å². The molecular weight excluding hydrogens is 342 g/mol. The molecule has 0 bridgehead atoms. The predicted octanol–water partition coefficient (Wildman–Crippen LogP) is 3.13. The molecule has 2 aromatic rings. The van der Waals surface area contributed by atoms with Gasteiger partial charge < -0.3 is 20.3 Å². The van der Waals surface area contributed by atoms with Crippen molar-refractivity contribution in [3.05, 3.63) is 58.6 Å². The maximum Gasteiger partial charge on any atom is 0.319 e. The number of benzene rings is 2. The second kappa shape index (κ2) is 7.44. The highest BCUT2D eigenvalue weighted by molar-refractivity contribution is 6.30. The molecule has 3 amide bonds. The summed E-state index contributed by atoms with van der Waals surface area (Å²) in [7, 11) is 1.72. The fourth-order valence-corrected chi connectivity index (χ4v) is 2.59. The van der Waals surface area contributed by atoms with Crippen molar-refractivity contribution in [3.8, 4) is 5.75 Å². The lowest BCUT2D eigenvalue weighted by Crippen LogP contribution is -2.29. The predicted molar refractivity (Wildman–Crippen MR) is 96.2 cm³/mol. The Morgan fingerprint density at radius 1 is 1.24 bits per heavy atom. The number of likely N-dealkylation sites (N-methyl/N-ethyl adjacent to an activating group) is 1. The number of halogens is 1. The Morgan fingerprint density at radius 3 is 2.76 bits per heavy atom. The van der Waals surface area contributed by atoms with Crippen molar-refractivity contribution in [3.63, 3.8) is 0 Å². The molecular formula is C18H18ClN3O3. The first-order chi connectivity index (χ1) is 12.0.